The van der Waals surface area contributed by atoms with Gasteiger partial charge in [0.2, 0.25) is 11.8 Å². The number of carbonyl (C=O) groups is 2. The van der Waals surface area contributed by atoms with Crippen LogP contribution in [0.4, 0.5) is 0 Å². The minimum Gasteiger partial charge on any atom is -0.381 e. The smallest absolute Gasteiger partial charge is 0.244 e. The molecule has 5 heteroatoms. The van der Waals surface area contributed by atoms with Gasteiger partial charge >= 0.3 is 0 Å². The molecule has 1 atom stereocenters. The highest BCUT2D eigenvalue weighted by molar-refractivity contribution is 5.87. The topological polar surface area (TPSA) is 81.4 Å². The van der Waals surface area contributed by atoms with Crippen molar-refractivity contribution in [1.29, 1.82) is 0 Å². The molecular weight excluding hydrogens is 256 g/mol. The summed E-state index contributed by atoms with van der Waals surface area (Å²) in [7, 11) is 0. The lowest BCUT2D eigenvalue weighted by molar-refractivity contribution is -0.128. The third kappa shape index (κ3) is 5.84. The summed E-state index contributed by atoms with van der Waals surface area (Å²) in [5, 5.41) is 2.63. The van der Waals surface area contributed by atoms with E-state index >= 15 is 0 Å². The summed E-state index contributed by atoms with van der Waals surface area (Å²) in [5.41, 5.74) is 6.00. The lowest BCUT2D eigenvalue weighted by Crippen LogP contribution is -2.37. The van der Waals surface area contributed by atoms with Gasteiger partial charge in [-0.2, -0.15) is 0 Å². The van der Waals surface area contributed by atoms with E-state index in [9.17, 15) is 9.59 Å². The highest BCUT2D eigenvalue weighted by Gasteiger charge is 2.19. The Balaban J connectivity index is 2.46. The Bertz CT molecular complexity index is 432. The van der Waals surface area contributed by atoms with Gasteiger partial charge in [0.15, 0.2) is 0 Å². The van der Waals surface area contributed by atoms with Crippen molar-refractivity contribution in [2.45, 2.75) is 26.3 Å². The van der Waals surface area contributed by atoms with Crippen molar-refractivity contribution in [2.24, 2.45) is 11.7 Å². The van der Waals surface area contributed by atoms with Gasteiger partial charge in [-0.15, -0.1) is 0 Å². The predicted molar refractivity (Wildman–Crippen MR) is 76.8 cm³/mol. The van der Waals surface area contributed by atoms with Crippen LogP contribution in [-0.2, 0) is 14.3 Å². The largest absolute Gasteiger partial charge is 0.381 e. The van der Waals surface area contributed by atoms with Crippen LogP contribution in [0.5, 0.6) is 0 Å². The van der Waals surface area contributed by atoms with E-state index in [1.807, 2.05) is 19.9 Å². The SMILES string of the molecule is CC(C)COCCC(=O)N[C@H](C(N)=O)c1ccccc1. The van der Waals surface area contributed by atoms with Crippen LogP contribution in [0.25, 0.3) is 0 Å². The number of hydrogen-bond donors (Lipinski definition) is 2. The Morgan fingerprint density at radius 2 is 1.90 bits per heavy atom. The number of carbonyl (C=O) groups excluding carboxylic acids is 2. The van der Waals surface area contributed by atoms with Crippen LogP contribution in [0.3, 0.4) is 0 Å². The summed E-state index contributed by atoms with van der Waals surface area (Å²) < 4.78 is 5.34. The highest BCUT2D eigenvalue weighted by atomic mass is 16.5. The number of nitrogens with two attached hydrogens (primary N) is 1. The average Bonchev–Trinajstić information content (AvgIpc) is 2.41. The maximum Gasteiger partial charge on any atom is 0.244 e. The van der Waals surface area contributed by atoms with Crippen molar-refractivity contribution < 1.29 is 14.3 Å². The monoisotopic (exact) mass is 278 g/mol. The average molecular weight is 278 g/mol. The maximum absolute atomic E-state index is 11.8. The van der Waals surface area contributed by atoms with Gasteiger partial charge in [-0.25, -0.2) is 0 Å². The first-order valence-electron chi connectivity index (χ1n) is 6.72. The number of nitrogens with one attached hydrogen (secondary N) is 1. The Morgan fingerprint density at radius 3 is 2.45 bits per heavy atom. The Hall–Kier alpha value is -1.88. The molecule has 1 aromatic carbocycles. The number of benzene rings is 1. The highest BCUT2D eigenvalue weighted by Crippen LogP contribution is 2.11. The molecule has 0 saturated carbocycles. The molecule has 0 radical (unpaired) electrons. The van der Waals surface area contributed by atoms with Gasteiger partial charge in [-0.05, 0) is 11.5 Å². The molecule has 0 aliphatic carbocycles. The molecule has 0 bridgehead atoms. The fourth-order valence-corrected chi connectivity index (χ4v) is 1.68. The van der Waals surface area contributed by atoms with E-state index in [0.717, 1.165) is 0 Å². The van der Waals surface area contributed by atoms with Crippen molar-refractivity contribution in [3.63, 3.8) is 0 Å². The second-order valence-electron chi connectivity index (χ2n) is 5.03. The zero-order chi connectivity index (χ0) is 15.0. The van der Waals surface area contributed by atoms with Crippen LogP contribution in [-0.4, -0.2) is 25.0 Å². The zero-order valence-electron chi connectivity index (χ0n) is 12.0. The van der Waals surface area contributed by atoms with Gasteiger partial charge in [0, 0.05) is 13.0 Å². The standard InChI is InChI=1S/C15H22N2O3/c1-11(2)10-20-9-8-13(18)17-14(15(16)19)12-6-4-3-5-7-12/h3-7,11,14H,8-10H2,1-2H3,(H2,16,19)(H,17,18)/t14-/m0/s1. The molecule has 0 fully saturated rings. The Morgan fingerprint density at radius 1 is 1.25 bits per heavy atom. The molecule has 2 amide bonds. The molecule has 0 spiro atoms. The summed E-state index contributed by atoms with van der Waals surface area (Å²) in [6, 6.07) is 8.14. The molecule has 0 aliphatic heterocycles. The summed E-state index contributed by atoms with van der Waals surface area (Å²) in [4.78, 5) is 23.2. The Labute approximate surface area is 119 Å². The summed E-state index contributed by atoms with van der Waals surface area (Å²) >= 11 is 0. The summed E-state index contributed by atoms with van der Waals surface area (Å²) in [6.07, 6.45) is 0.212. The van der Waals surface area contributed by atoms with Gasteiger partial charge in [-0.3, -0.25) is 9.59 Å². The van der Waals surface area contributed by atoms with E-state index in [2.05, 4.69) is 5.32 Å². The fraction of sp³-hybridized carbons (Fsp3) is 0.467. The van der Waals surface area contributed by atoms with E-state index in [4.69, 9.17) is 10.5 Å². The molecule has 0 aliphatic rings. The first kappa shape index (κ1) is 16.2. The quantitative estimate of drug-likeness (QED) is 0.705. The van der Waals surface area contributed by atoms with Gasteiger partial charge in [0.05, 0.1) is 6.61 Å². The molecule has 110 valence electrons. The zero-order valence-corrected chi connectivity index (χ0v) is 12.0. The van der Waals surface area contributed by atoms with Crippen LogP contribution in [0, 0.1) is 5.92 Å². The molecule has 0 aromatic heterocycles. The predicted octanol–water partition coefficient (Wildman–Crippen LogP) is 1.39. The van der Waals surface area contributed by atoms with E-state index in [-0.39, 0.29) is 12.3 Å². The van der Waals surface area contributed by atoms with E-state index in [0.29, 0.717) is 24.7 Å². The summed E-state index contributed by atoms with van der Waals surface area (Å²) in [5.74, 6) is -0.394. The molecule has 5 nitrogen and oxygen atoms in total. The normalized spacial score (nSPS) is 12.2. The number of hydrogen-bond acceptors (Lipinski definition) is 3. The Kier molecular flexibility index (Phi) is 6.73. The van der Waals surface area contributed by atoms with Gasteiger partial charge < -0.3 is 15.8 Å². The number of amides is 2. The molecule has 0 unspecified atom stereocenters. The number of rotatable bonds is 8. The lowest BCUT2D eigenvalue weighted by atomic mass is 10.1. The molecule has 3 N–H and O–H groups in total. The molecule has 1 aromatic rings. The van der Waals surface area contributed by atoms with Crippen LogP contribution in [0.2, 0.25) is 0 Å². The first-order chi connectivity index (χ1) is 9.50. The van der Waals surface area contributed by atoms with Crippen LogP contribution >= 0.6 is 0 Å². The van der Waals surface area contributed by atoms with Gasteiger partial charge in [0.1, 0.15) is 6.04 Å². The van der Waals surface area contributed by atoms with Gasteiger partial charge in [-0.1, -0.05) is 44.2 Å². The van der Waals surface area contributed by atoms with Crippen molar-refractivity contribution in [1.82, 2.24) is 5.32 Å². The minimum atomic E-state index is -0.797. The van der Waals surface area contributed by atoms with E-state index in [1.165, 1.54) is 0 Å². The fourth-order valence-electron chi connectivity index (χ4n) is 1.68. The van der Waals surface area contributed by atoms with Crippen molar-refractivity contribution in [3.05, 3.63) is 35.9 Å². The molecule has 0 saturated heterocycles. The number of ether oxygens (including phenoxy) is 1. The molecule has 1 rings (SSSR count). The van der Waals surface area contributed by atoms with Crippen LogP contribution < -0.4 is 11.1 Å². The minimum absolute atomic E-state index is 0.212. The second-order valence-corrected chi connectivity index (χ2v) is 5.03. The molecule has 0 heterocycles. The van der Waals surface area contributed by atoms with E-state index in [1.54, 1.807) is 24.3 Å². The van der Waals surface area contributed by atoms with E-state index < -0.39 is 11.9 Å². The van der Waals surface area contributed by atoms with Crippen LogP contribution in [0.15, 0.2) is 30.3 Å². The van der Waals surface area contributed by atoms with Crippen molar-refractivity contribution >= 4 is 11.8 Å². The third-order valence-corrected chi connectivity index (χ3v) is 2.65. The maximum atomic E-state index is 11.8. The number of primary amides is 1. The molecule has 20 heavy (non-hydrogen) atoms. The van der Waals surface area contributed by atoms with Crippen molar-refractivity contribution in [3.8, 4) is 0 Å². The van der Waals surface area contributed by atoms with Gasteiger partial charge in [0.25, 0.3) is 0 Å². The second kappa shape index (κ2) is 8.32. The lowest BCUT2D eigenvalue weighted by Gasteiger charge is -2.16. The first-order valence-corrected chi connectivity index (χ1v) is 6.72. The van der Waals surface area contributed by atoms with Crippen molar-refractivity contribution in [2.75, 3.05) is 13.2 Å². The summed E-state index contributed by atoms with van der Waals surface area (Å²) in [6.45, 7) is 5.03. The third-order valence-electron chi connectivity index (χ3n) is 2.65. The molecular formula is C15H22N2O3. The van der Waals surface area contributed by atoms with Crippen LogP contribution in [0.1, 0.15) is 31.9 Å².